The van der Waals surface area contributed by atoms with E-state index in [1.165, 1.54) is 0 Å². The smallest absolute Gasteiger partial charge is 0.315 e. The maximum absolute atomic E-state index is 12.5. The minimum Gasteiger partial charge on any atom is -0.360 e. The van der Waals surface area contributed by atoms with Crippen LogP contribution in [0.25, 0.3) is 0 Å². The Bertz CT molecular complexity index is 682. The zero-order valence-corrected chi connectivity index (χ0v) is 14.0. The molecule has 1 heterocycles. The summed E-state index contributed by atoms with van der Waals surface area (Å²) in [5.41, 5.74) is 0.943. The minimum absolute atomic E-state index is 0.0244. The van der Waals surface area contributed by atoms with Crippen LogP contribution >= 0.6 is 0 Å². The van der Waals surface area contributed by atoms with Crippen molar-refractivity contribution in [3.05, 3.63) is 47.7 Å². The van der Waals surface area contributed by atoms with E-state index >= 15 is 0 Å². The van der Waals surface area contributed by atoms with Crippen LogP contribution in [0.15, 0.2) is 40.9 Å². The molecule has 0 radical (unpaired) electrons. The molecule has 3 amide bonds. The van der Waals surface area contributed by atoms with Gasteiger partial charge in [0, 0.05) is 18.5 Å². The molecule has 0 bridgehead atoms. The van der Waals surface area contributed by atoms with Crippen molar-refractivity contribution < 1.29 is 14.1 Å². The first kappa shape index (κ1) is 17.5. The summed E-state index contributed by atoms with van der Waals surface area (Å²) < 4.78 is 4.93. The van der Waals surface area contributed by atoms with Gasteiger partial charge in [0.05, 0.1) is 0 Å². The maximum atomic E-state index is 12.5. The van der Waals surface area contributed by atoms with Gasteiger partial charge in [-0.25, -0.2) is 4.79 Å². The van der Waals surface area contributed by atoms with Crippen molar-refractivity contribution in [2.24, 2.45) is 0 Å². The molecule has 2 aromatic rings. The molecule has 0 spiro atoms. The molecule has 0 saturated heterocycles. The first-order valence-electron chi connectivity index (χ1n) is 7.79. The van der Waals surface area contributed by atoms with E-state index in [1.54, 1.807) is 13.0 Å². The molecular formula is C17H22N4O3. The molecule has 0 fully saturated rings. The Balaban J connectivity index is 2.08. The van der Waals surface area contributed by atoms with E-state index < -0.39 is 12.1 Å². The van der Waals surface area contributed by atoms with Crippen LogP contribution in [0.4, 0.5) is 10.6 Å². The predicted octanol–water partition coefficient (Wildman–Crippen LogP) is 2.24. The summed E-state index contributed by atoms with van der Waals surface area (Å²) in [5, 5.41) is 11.8. The van der Waals surface area contributed by atoms with Gasteiger partial charge in [0.1, 0.15) is 11.8 Å². The highest BCUT2D eigenvalue weighted by Gasteiger charge is 2.22. The van der Waals surface area contributed by atoms with Crippen LogP contribution in [-0.2, 0) is 11.2 Å². The van der Waals surface area contributed by atoms with Gasteiger partial charge in [-0.3, -0.25) is 4.79 Å². The van der Waals surface area contributed by atoms with E-state index in [4.69, 9.17) is 4.52 Å². The van der Waals surface area contributed by atoms with Crippen LogP contribution in [0, 0.1) is 6.92 Å². The molecule has 7 nitrogen and oxygen atoms in total. The van der Waals surface area contributed by atoms with E-state index in [1.807, 2.05) is 44.2 Å². The molecule has 1 aromatic carbocycles. The van der Waals surface area contributed by atoms with Crippen molar-refractivity contribution in [1.29, 1.82) is 0 Å². The summed E-state index contributed by atoms with van der Waals surface area (Å²) in [6.07, 6.45) is 0.370. The molecule has 24 heavy (non-hydrogen) atoms. The highest BCUT2D eigenvalue weighted by molar-refractivity contribution is 5.96. The average molecular weight is 330 g/mol. The number of amides is 3. The Kier molecular flexibility index (Phi) is 5.95. The van der Waals surface area contributed by atoms with Crippen LogP contribution in [-0.4, -0.2) is 29.2 Å². The van der Waals surface area contributed by atoms with Crippen LogP contribution in [0.1, 0.15) is 25.2 Å². The Labute approximate surface area is 140 Å². The molecule has 0 aliphatic heterocycles. The number of anilines is 1. The number of benzene rings is 1. The lowest BCUT2D eigenvalue weighted by Gasteiger charge is -2.19. The molecule has 0 aliphatic rings. The third-order valence-electron chi connectivity index (χ3n) is 3.20. The maximum Gasteiger partial charge on any atom is 0.315 e. The molecule has 7 heteroatoms. The van der Waals surface area contributed by atoms with Crippen LogP contribution in [0.2, 0.25) is 0 Å². The Morgan fingerprint density at radius 1 is 1.17 bits per heavy atom. The van der Waals surface area contributed by atoms with Crippen LogP contribution < -0.4 is 16.0 Å². The van der Waals surface area contributed by atoms with E-state index in [-0.39, 0.29) is 11.9 Å². The van der Waals surface area contributed by atoms with Gasteiger partial charge in [-0.1, -0.05) is 35.5 Å². The summed E-state index contributed by atoms with van der Waals surface area (Å²) in [5.74, 6) is 0.558. The number of aromatic nitrogens is 1. The number of hydrogen-bond donors (Lipinski definition) is 3. The van der Waals surface area contributed by atoms with E-state index in [0.29, 0.717) is 18.0 Å². The molecular weight excluding hydrogens is 308 g/mol. The lowest BCUT2D eigenvalue weighted by molar-refractivity contribution is -0.118. The zero-order valence-electron chi connectivity index (χ0n) is 14.0. The molecule has 0 saturated carbocycles. The Morgan fingerprint density at radius 3 is 2.46 bits per heavy atom. The number of carbonyl (C=O) groups is 2. The van der Waals surface area contributed by atoms with Crippen molar-refractivity contribution in [1.82, 2.24) is 15.8 Å². The van der Waals surface area contributed by atoms with Crippen LogP contribution in [0.3, 0.4) is 0 Å². The SMILES string of the molecule is Cc1cc(NC(=O)C(Cc2ccccc2)NC(=O)NC(C)C)no1. The van der Waals surface area contributed by atoms with E-state index in [9.17, 15) is 9.59 Å². The highest BCUT2D eigenvalue weighted by atomic mass is 16.5. The molecule has 1 unspecified atom stereocenters. The number of rotatable bonds is 6. The van der Waals surface area contributed by atoms with E-state index in [2.05, 4.69) is 21.1 Å². The first-order valence-corrected chi connectivity index (χ1v) is 7.79. The van der Waals surface area contributed by atoms with E-state index in [0.717, 1.165) is 5.56 Å². The third kappa shape index (κ3) is 5.42. The standard InChI is InChI=1S/C17H22N4O3/c1-11(2)18-17(23)19-14(10-13-7-5-4-6-8-13)16(22)20-15-9-12(3)24-21-15/h4-9,11,14H,10H2,1-3H3,(H2,18,19,23)(H,20,21,22). The van der Waals surface area contributed by atoms with Gasteiger partial charge in [0.15, 0.2) is 5.82 Å². The lowest BCUT2D eigenvalue weighted by atomic mass is 10.1. The van der Waals surface area contributed by atoms with Gasteiger partial charge < -0.3 is 20.5 Å². The molecule has 3 N–H and O–H groups in total. The Hall–Kier alpha value is -2.83. The Morgan fingerprint density at radius 2 is 1.88 bits per heavy atom. The normalized spacial score (nSPS) is 11.8. The topological polar surface area (TPSA) is 96.3 Å². The third-order valence-corrected chi connectivity index (χ3v) is 3.20. The summed E-state index contributed by atoms with van der Waals surface area (Å²) >= 11 is 0. The average Bonchev–Trinajstić information content (AvgIpc) is 2.92. The molecule has 0 aliphatic carbocycles. The summed E-state index contributed by atoms with van der Waals surface area (Å²) in [6, 6.07) is 9.95. The minimum atomic E-state index is -0.733. The summed E-state index contributed by atoms with van der Waals surface area (Å²) in [6.45, 7) is 5.44. The van der Waals surface area contributed by atoms with Crippen molar-refractivity contribution in [2.75, 3.05) is 5.32 Å². The number of aryl methyl sites for hydroxylation is 1. The lowest BCUT2D eigenvalue weighted by Crippen LogP contribution is -2.50. The second-order valence-corrected chi connectivity index (χ2v) is 5.83. The molecule has 1 atom stereocenters. The number of nitrogens with zero attached hydrogens (tertiary/aromatic N) is 1. The van der Waals surface area contributed by atoms with Gasteiger partial charge in [-0.15, -0.1) is 0 Å². The van der Waals surface area contributed by atoms with Gasteiger partial charge >= 0.3 is 6.03 Å². The molecule has 128 valence electrons. The second-order valence-electron chi connectivity index (χ2n) is 5.83. The van der Waals surface area contributed by atoms with Crippen LogP contribution in [0.5, 0.6) is 0 Å². The first-order chi connectivity index (χ1) is 11.4. The fourth-order valence-corrected chi connectivity index (χ4v) is 2.16. The number of hydrogen-bond acceptors (Lipinski definition) is 4. The van der Waals surface area contributed by atoms with Gasteiger partial charge in [0.2, 0.25) is 5.91 Å². The summed E-state index contributed by atoms with van der Waals surface area (Å²) in [4.78, 5) is 24.5. The van der Waals surface area contributed by atoms with Gasteiger partial charge in [-0.2, -0.15) is 0 Å². The number of nitrogens with one attached hydrogen (secondary N) is 3. The number of carbonyl (C=O) groups excluding carboxylic acids is 2. The predicted molar refractivity (Wildman–Crippen MR) is 90.6 cm³/mol. The van der Waals surface area contributed by atoms with Crippen molar-refractivity contribution in [3.8, 4) is 0 Å². The molecule has 2 rings (SSSR count). The molecule has 1 aromatic heterocycles. The quantitative estimate of drug-likeness (QED) is 0.757. The fraction of sp³-hybridized carbons (Fsp3) is 0.353. The number of urea groups is 1. The zero-order chi connectivity index (χ0) is 17.5. The summed E-state index contributed by atoms with van der Waals surface area (Å²) in [7, 11) is 0. The largest absolute Gasteiger partial charge is 0.360 e. The second kappa shape index (κ2) is 8.14. The van der Waals surface area contributed by atoms with Crippen molar-refractivity contribution >= 4 is 17.8 Å². The van der Waals surface area contributed by atoms with Gasteiger partial charge in [-0.05, 0) is 26.3 Å². The van der Waals surface area contributed by atoms with Crippen molar-refractivity contribution in [3.63, 3.8) is 0 Å². The highest BCUT2D eigenvalue weighted by Crippen LogP contribution is 2.09. The van der Waals surface area contributed by atoms with Gasteiger partial charge in [0.25, 0.3) is 0 Å². The fourth-order valence-electron chi connectivity index (χ4n) is 2.16. The van der Waals surface area contributed by atoms with Crippen molar-refractivity contribution in [2.45, 2.75) is 39.3 Å². The monoisotopic (exact) mass is 330 g/mol.